The van der Waals surface area contributed by atoms with E-state index in [9.17, 15) is 19.0 Å². The highest BCUT2D eigenvalue weighted by Crippen LogP contribution is 2.43. The first-order chi connectivity index (χ1) is 44.8. The van der Waals surface area contributed by atoms with Crippen LogP contribution in [0, 0.1) is 0 Å². The maximum atomic E-state index is 12.8. The molecule has 0 amide bonds. The Morgan fingerprint density at radius 3 is 0.901 bits per heavy atom. The lowest BCUT2D eigenvalue weighted by Crippen LogP contribution is -2.29. The van der Waals surface area contributed by atoms with Crippen LogP contribution in [-0.2, 0) is 32.7 Å². The molecule has 3 N–H and O–H groups in total. The minimum atomic E-state index is -4.40. The molecule has 0 aromatic carbocycles. The number of unbranched alkanes of at least 4 members (excludes halogenated alkanes) is 41. The molecule has 526 valence electrons. The average Bonchev–Trinajstić information content (AvgIpc) is 3.71. The van der Waals surface area contributed by atoms with Crippen LogP contribution >= 0.6 is 7.82 Å². The molecular weight excluding hydrogens is 1150 g/mol. The van der Waals surface area contributed by atoms with Crippen LogP contribution in [-0.4, -0.2) is 49.3 Å². The number of phosphoric acid groups is 1. The number of carbonyl (C=O) groups is 2. The molecule has 0 radical (unpaired) electrons. The molecule has 91 heavy (non-hydrogen) atoms. The molecule has 0 fully saturated rings. The van der Waals surface area contributed by atoms with Gasteiger partial charge in [-0.2, -0.15) is 0 Å². The number of allylic oxidation sites excluding steroid dienone is 18. The fourth-order valence-electron chi connectivity index (χ4n) is 11.0. The van der Waals surface area contributed by atoms with Gasteiger partial charge in [0.25, 0.3) is 0 Å². The van der Waals surface area contributed by atoms with Crippen LogP contribution in [0.1, 0.15) is 361 Å². The van der Waals surface area contributed by atoms with Gasteiger partial charge in [0, 0.05) is 19.4 Å². The third-order valence-corrected chi connectivity index (χ3v) is 17.6. The molecule has 2 unspecified atom stereocenters. The van der Waals surface area contributed by atoms with Crippen molar-refractivity contribution in [1.82, 2.24) is 0 Å². The van der Waals surface area contributed by atoms with Gasteiger partial charge in [-0.3, -0.25) is 18.6 Å². The Morgan fingerprint density at radius 2 is 0.604 bits per heavy atom. The van der Waals surface area contributed by atoms with E-state index < -0.39 is 26.5 Å². The van der Waals surface area contributed by atoms with Crippen molar-refractivity contribution in [3.05, 3.63) is 109 Å². The standard InChI is InChI=1S/C81H144NO8P/c1-3-5-7-9-11-13-15-17-19-21-23-25-27-29-31-33-35-36-37-38-39-40-41-42-44-45-47-49-51-53-55-57-59-61-63-65-67-69-71-73-80(83)87-77-79(78-89-91(85,86)88-76-75-82)90-81(84)74-72-70-68-66-64-62-60-58-56-54-52-50-48-46-43-34-32-30-28-26-24-22-20-18-16-14-12-10-8-6-4-2/h6,8,12,14-15,17-18,20-21,23-24,26-27,29-30,32,43,46,79H,3-5,7,9-11,13,16,19,22,25,28,31,33-42,44-45,47-78,82H2,1-2H3,(H,85,86)/b8-6-,14-12-,17-15-,20-18-,23-21-,26-24-,29-27-,32-30-,46-43-. The van der Waals surface area contributed by atoms with Gasteiger partial charge >= 0.3 is 19.8 Å². The summed E-state index contributed by atoms with van der Waals surface area (Å²) in [5.74, 6) is -0.819. The first kappa shape index (κ1) is 87.7. The fraction of sp³-hybridized carbons (Fsp3) is 0.753. The van der Waals surface area contributed by atoms with Crippen molar-refractivity contribution < 1.29 is 37.6 Å². The van der Waals surface area contributed by atoms with Crippen molar-refractivity contribution in [2.75, 3.05) is 26.4 Å². The summed E-state index contributed by atoms with van der Waals surface area (Å²) in [4.78, 5) is 35.4. The molecule has 2 atom stereocenters. The number of carbonyl (C=O) groups excluding carboxylic acids is 2. The second kappa shape index (κ2) is 75.7. The van der Waals surface area contributed by atoms with Crippen molar-refractivity contribution >= 4 is 19.8 Å². The molecule has 0 heterocycles. The van der Waals surface area contributed by atoms with Gasteiger partial charge < -0.3 is 20.1 Å². The molecule has 0 bridgehead atoms. The summed E-state index contributed by atoms with van der Waals surface area (Å²) in [6, 6.07) is 0. The highest BCUT2D eigenvalue weighted by Gasteiger charge is 2.26. The van der Waals surface area contributed by atoms with E-state index in [0.29, 0.717) is 6.42 Å². The van der Waals surface area contributed by atoms with E-state index in [1.807, 2.05) is 0 Å². The van der Waals surface area contributed by atoms with E-state index in [2.05, 4.69) is 123 Å². The van der Waals surface area contributed by atoms with Crippen molar-refractivity contribution in [3.63, 3.8) is 0 Å². The number of phosphoric ester groups is 1. The SMILES string of the molecule is CC/C=C\C/C=C\C/C=C\C/C=C\C/C=C\C/C=C\CCCCCCCCCCCCCCC(=O)OC(COC(=O)CCCCCCCCCCCCCCCCCCCCCCCCCC/C=C\C/C=C\C/C=C\CCCCCCC)COP(=O)(O)OCCN. The van der Waals surface area contributed by atoms with Gasteiger partial charge in [0.05, 0.1) is 13.2 Å². The van der Waals surface area contributed by atoms with Crippen LogP contribution in [0.4, 0.5) is 0 Å². The largest absolute Gasteiger partial charge is 0.472 e. The van der Waals surface area contributed by atoms with Crippen molar-refractivity contribution in [2.24, 2.45) is 5.73 Å². The molecule has 0 aromatic heterocycles. The van der Waals surface area contributed by atoms with Crippen LogP contribution in [0.5, 0.6) is 0 Å². The van der Waals surface area contributed by atoms with Crippen molar-refractivity contribution in [3.8, 4) is 0 Å². The van der Waals surface area contributed by atoms with Crippen molar-refractivity contribution in [2.45, 2.75) is 367 Å². The maximum Gasteiger partial charge on any atom is 0.472 e. The third kappa shape index (κ3) is 75.6. The molecule has 0 spiro atoms. The predicted molar refractivity (Wildman–Crippen MR) is 395 cm³/mol. The van der Waals surface area contributed by atoms with Gasteiger partial charge in [0.2, 0.25) is 0 Å². The zero-order valence-electron chi connectivity index (χ0n) is 59.3. The fourth-order valence-corrected chi connectivity index (χ4v) is 11.8. The van der Waals surface area contributed by atoms with E-state index in [1.165, 1.54) is 238 Å². The van der Waals surface area contributed by atoms with Crippen LogP contribution in [0.3, 0.4) is 0 Å². The Kier molecular flexibility index (Phi) is 72.9. The summed E-state index contributed by atoms with van der Waals surface area (Å²) in [5, 5.41) is 0. The summed E-state index contributed by atoms with van der Waals surface area (Å²) >= 11 is 0. The van der Waals surface area contributed by atoms with Gasteiger partial charge in [-0.1, -0.05) is 354 Å². The minimum absolute atomic E-state index is 0.0508. The van der Waals surface area contributed by atoms with Gasteiger partial charge in [-0.25, -0.2) is 4.57 Å². The highest BCUT2D eigenvalue weighted by molar-refractivity contribution is 7.47. The van der Waals surface area contributed by atoms with Gasteiger partial charge in [0.1, 0.15) is 6.61 Å². The normalized spacial score (nSPS) is 13.5. The van der Waals surface area contributed by atoms with Gasteiger partial charge in [-0.15, -0.1) is 0 Å². The number of rotatable bonds is 72. The van der Waals surface area contributed by atoms with Crippen LogP contribution in [0.2, 0.25) is 0 Å². The van der Waals surface area contributed by atoms with E-state index in [-0.39, 0.29) is 38.6 Å². The third-order valence-electron chi connectivity index (χ3n) is 16.6. The van der Waals surface area contributed by atoms with Crippen LogP contribution < -0.4 is 5.73 Å². The second-order valence-corrected chi connectivity index (χ2v) is 26.9. The Labute approximate surface area is 562 Å². The van der Waals surface area contributed by atoms with Crippen molar-refractivity contribution in [1.29, 1.82) is 0 Å². The lowest BCUT2D eigenvalue weighted by Gasteiger charge is -2.19. The number of hydrogen-bond donors (Lipinski definition) is 2. The Hall–Kier alpha value is -3.33. The summed E-state index contributed by atoms with van der Waals surface area (Å²) in [5.41, 5.74) is 5.41. The molecular formula is C81H144NO8P. The molecule has 0 saturated heterocycles. The Morgan fingerprint density at radius 1 is 0.341 bits per heavy atom. The first-order valence-electron chi connectivity index (χ1n) is 38.4. The highest BCUT2D eigenvalue weighted by atomic mass is 31.2. The van der Waals surface area contributed by atoms with E-state index in [1.54, 1.807) is 0 Å². The molecule has 0 rings (SSSR count). The molecule has 0 saturated carbocycles. The lowest BCUT2D eigenvalue weighted by molar-refractivity contribution is -0.161. The van der Waals surface area contributed by atoms with Gasteiger partial charge in [-0.05, 0) is 103 Å². The Balaban J connectivity index is 3.81. The first-order valence-corrected chi connectivity index (χ1v) is 39.9. The average molecular weight is 1290 g/mol. The monoisotopic (exact) mass is 1290 g/mol. The Bertz CT molecular complexity index is 1860. The lowest BCUT2D eigenvalue weighted by atomic mass is 10.0. The zero-order valence-corrected chi connectivity index (χ0v) is 60.2. The quantitative estimate of drug-likeness (QED) is 0.0264. The predicted octanol–water partition coefficient (Wildman–Crippen LogP) is 25.6. The molecule has 0 aliphatic heterocycles. The summed E-state index contributed by atoms with van der Waals surface area (Å²) < 4.78 is 33.2. The molecule has 10 heteroatoms. The maximum absolute atomic E-state index is 12.8. The topological polar surface area (TPSA) is 134 Å². The number of esters is 2. The summed E-state index contributed by atoms with van der Waals surface area (Å²) in [6.45, 7) is 3.66. The smallest absolute Gasteiger partial charge is 0.462 e. The van der Waals surface area contributed by atoms with Crippen LogP contribution in [0.25, 0.3) is 0 Å². The number of hydrogen-bond acceptors (Lipinski definition) is 8. The van der Waals surface area contributed by atoms with E-state index in [4.69, 9.17) is 24.3 Å². The minimum Gasteiger partial charge on any atom is -0.462 e. The van der Waals surface area contributed by atoms with Gasteiger partial charge in [0.15, 0.2) is 6.10 Å². The van der Waals surface area contributed by atoms with E-state index in [0.717, 1.165) is 89.9 Å². The van der Waals surface area contributed by atoms with Crippen LogP contribution in [0.15, 0.2) is 109 Å². The number of ether oxygens (including phenoxy) is 2. The molecule has 0 aromatic rings. The zero-order chi connectivity index (χ0) is 65.8. The summed E-state index contributed by atoms with van der Waals surface area (Å²) in [6.07, 6.45) is 105. The molecule has 9 nitrogen and oxygen atoms in total. The molecule has 0 aliphatic rings. The summed E-state index contributed by atoms with van der Waals surface area (Å²) in [7, 11) is -4.40. The number of nitrogens with two attached hydrogens (primary N) is 1. The molecule has 0 aliphatic carbocycles. The second-order valence-electron chi connectivity index (χ2n) is 25.5. The van der Waals surface area contributed by atoms with E-state index >= 15 is 0 Å².